The molecule has 0 unspecified atom stereocenters. The molecule has 264 valence electrons. The van der Waals surface area contributed by atoms with Crippen LogP contribution in [-0.4, -0.2) is 221 Å². The molecule has 4 saturated heterocycles. The fourth-order valence-corrected chi connectivity index (χ4v) is 5.61. The number of hydrogen-bond donors (Lipinski definition) is 14. The monoisotopic (exact) mass is 666 g/mol. The molecule has 4 aliphatic heterocycles. The third-order valence-corrected chi connectivity index (χ3v) is 8.49. The van der Waals surface area contributed by atoms with E-state index in [9.17, 15) is 71.5 Å². The van der Waals surface area contributed by atoms with Crippen molar-refractivity contribution in [3.05, 3.63) is 0 Å². The second kappa shape index (κ2) is 14.3. The molecule has 4 heterocycles. The van der Waals surface area contributed by atoms with Gasteiger partial charge in [0.2, 0.25) is 17.4 Å². The molecule has 0 saturated carbocycles. The lowest BCUT2D eigenvalue weighted by Crippen LogP contribution is -2.61. The smallest absolute Gasteiger partial charge is 0.222 e. The summed E-state index contributed by atoms with van der Waals surface area (Å²) in [6.45, 7) is -6.60. The first kappa shape index (κ1) is 37.0. The van der Waals surface area contributed by atoms with Gasteiger partial charge < -0.3 is 105 Å². The van der Waals surface area contributed by atoms with Crippen molar-refractivity contribution < 1.29 is 105 Å². The summed E-state index contributed by atoms with van der Waals surface area (Å²) in [7, 11) is 0. The highest BCUT2D eigenvalue weighted by atomic mass is 16.8. The minimum atomic E-state index is -2.57. The summed E-state index contributed by atoms with van der Waals surface area (Å²) < 4.78 is 38.4. The van der Waals surface area contributed by atoms with E-state index in [4.69, 9.17) is 33.2 Å². The van der Waals surface area contributed by atoms with Gasteiger partial charge >= 0.3 is 0 Å². The highest BCUT2D eigenvalue weighted by Crippen LogP contribution is 2.41. The van der Waals surface area contributed by atoms with E-state index in [0.29, 0.717) is 0 Å². The van der Waals surface area contributed by atoms with E-state index in [-0.39, 0.29) is 0 Å². The molecule has 17 atom stereocenters. The van der Waals surface area contributed by atoms with Crippen LogP contribution in [0.2, 0.25) is 0 Å². The lowest BCUT2D eigenvalue weighted by molar-refractivity contribution is -0.369. The summed E-state index contributed by atoms with van der Waals surface area (Å²) in [5.41, 5.74) is 0. The first-order chi connectivity index (χ1) is 21.2. The van der Waals surface area contributed by atoms with Crippen LogP contribution in [-0.2, 0) is 33.2 Å². The highest BCUT2D eigenvalue weighted by molar-refractivity contribution is 5.03. The third kappa shape index (κ3) is 6.61. The zero-order chi connectivity index (χ0) is 33.5. The van der Waals surface area contributed by atoms with Crippen LogP contribution in [0.15, 0.2) is 0 Å². The van der Waals surface area contributed by atoms with Gasteiger partial charge in [-0.1, -0.05) is 0 Å². The Kier molecular flexibility index (Phi) is 11.8. The van der Waals surface area contributed by atoms with Gasteiger partial charge in [-0.15, -0.1) is 0 Å². The van der Waals surface area contributed by atoms with Crippen LogP contribution in [0.1, 0.15) is 0 Å². The molecule has 0 aromatic rings. The first-order valence-electron chi connectivity index (χ1n) is 14.0. The Balaban J connectivity index is 1.60. The second-order valence-electron chi connectivity index (χ2n) is 11.3. The van der Waals surface area contributed by atoms with Gasteiger partial charge in [0.1, 0.15) is 99.2 Å². The summed E-state index contributed by atoms with van der Waals surface area (Å²) in [5.74, 6) is -7.51. The van der Waals surface area contributed by atoms with E-state index in [2.05, 4.69) is 0 Å². The Morgan fingerprint density at radius 2 is 0.844 bits per heavy atom. The average Bonchev–Trinajstić information content (AvgIpc) is 3.55. The SMILES string of the molecule is OC[C@H]1O[C@@](CO)(OC[C@@]2(OC[C@@]3(OC[C@H]4O[C@H](O)[C@H](O)[C@@H](O)[C@@H]4O)O[C@H](CO)[C@@H](O)[C@@H]3O)O[C@H](CO)[C@@H](O)[C@@H]2O)[C@@H](O)[C@@H]1O. The summed E-state index contributed by atoms with van der Waals surface area (Å²) >= 11 is 0. The van der Waals surface area contributed by atoms with Crippen LogP contribution in [0.25, 0.3) is 0 Å². The maximum Gasteiger partial charge on any atom is 0.222 e. The van der Waals surface area contributed by atoms with Crippen molar-refractivity contribution in [3.8, 4) is 0 Å². The molecule has 0 aromatic heterocycles. The highest BCUT2D eigenvalue weighted by Gasteiger charge is 2.63. The Morgan fingerprint density at radius 3 is 1.27 bits per heavy atom. The molecule has 4 fully saturated rings. The number of hydrogen-bond acceptors (Lipinski definition) is 21. The van der Waals surface area contributed by atoms with Crippen molar-refractivity contribution >= 4 is 0 Å². The van der Waals surface area contributed by atoms with E-state index in [0.717, 1.165) is 0 Å². The van der Waals surface area contributed by atoms with E-state index in [1.165, 1.54) is 0 Å². The molecular weight excluding hydrogens is 624 g/mol. The van der Waals surface area contributed by atoms with Gasteiger partial charge in [0.05, 0.1) is 26.4 Å². The van der Waals surface area contributed by atoms with Gasteiger partial charge in [0.25, 0.3) is 0 Å². The molecule has 4 aliphatic rings. The Hall–Kier alpha value is -0.840. The van der Waals surface area contributed by atoms with Crippen molar-refractivity contribution in [2.75, 3.05) is 46.2 Å². The molecule has 0 bridgehead atoms. The van der Waals surface area contributed by atoms with Gasteiger partial charge in [-0.25, -0.2) is 0 Å². The van der Waals surface area contributed by atoms with Gasteiger partial charge in [-0.3, -0.25) is 0 Å². The van der Waals surface area contributed by atoms with Crippen molar-refractivity contribution in [1.29, 1.82) is 0 Å². The quantitative estimate of drug-likeness (QED) is 0.0867. The van der Waals surface area contributed by atoms with E-state index in [1.54, 1.807) is 0 Å². The van der Waals surface area contributed by atoms with Crippen molar-refractivity contribution in [2.24, 2.45) is 0 Å². The molecule has 4 rings (SSSR count). The summed E-state index contributed by atoms with van der Waals surface area (Å²) in [6.07, 6.45) is -25.1. The van der Waals surface area contributed by atoms with Gasteiger partial charge in [-0.2, -0.15) is 0 Å². The number of rotatable bonds is 13. The zero-order valence-electron chi connectivity index (χ0n) is 23.7. The van der Waals surface area contributed by atoms with Gasteiger partial charge in [0, 0.05) is 0 Å². The molecule has 0 aliphatic carbocycles. The summed E-state index contributed by atoms with van der Waals surface area (Å²) in [4.78, 5) is 0. The van der Waals surface area contributed by atoms with Crippen LogP contribution < -0.4 is 0 Å². The van der Waals surface area contributed by atoms with E-state index in [1.807, 2.05) is 0 Å². The van der Waals surface area contributed by atoms with Crippen molar-refractivity contribution in [2.45, 2.75) is 103 Å². The molecule has 14 N–H and O–H groups in total. The lowest BCUT2D eigenvalue weighted by Gasteiger charge is -2.42. The molecule has 0 amide bonds. The van der Waals surface area contributed by atoms with Crippen LogP contribution in [0.5, 0.6) is 0 Å². The summed E-state index contributed by atoms with van der Waals surface area (Å²) in [5, 5.41) is 142. The predicted octanol–water partition coefficient (Wildman–Crippen LogP) is -9.74. The van der Waals surface area contributed by atoms with Crippen molar-refractivity contribution in [1.82, 2.24) is 0 Å². The molecule has 45 heavy (non-hydrogen) atoms. The molecule has 0 spiro atoms. The number of aliphatic hydroxyl groups is 14. The van der Waals surface area contributed by atoms with Crippen LogP contribution in [0.4, 0.5) is 0 Å². The Morgan fingerprint density at radius 1 is 0.444 bits per heavy atom. The second-order valence-corrected chi connectivity index (χ2v) is 11.3. The standard InChI is InChI=1S/C24H42O21/c25-1-8-13(30)18(35)22(5-28,43-8)40-7-24(20(37)15(32)10(3-27)45-24)41-6-23(19(36)14(31)9(2-26)44-23)39-4-11-12(29)16(33)17(34)21(38)42-11/h8-21,25-38H,1-7H2/t8-,9-,10-,11-,12-,13-,14-,15-,16+,17-,18+,19+,20+,21+,22-,23-,24-/m1/s1. The van der Waals surface area contributed by atoms with Crippen molar-refractivity contribution in [3.63, 3.8) is 0 Å². The normalized spacial score (nSPS) is 52.1. The number of aliphatic hydroxyl groups excluding tert-OH is 14. The largest absolute Gasteiger partial charge is 0.394 e. The molecule has 0 radical (unpaired) electrons. The average molecular weight is 667 g/mol. The zero-order valence-corrected chi connectivity index (χ0v) is 23.7. The molecule has 21 nitrogen and oxygen atoms in total. The van der Waals surface area contributed by atoms with E-state index >= 15 is 0 Å². The summed E-state index contributed by atoms with van der Waals surface area (Å²) in [6, 6.07) is 0. The minimum Gasteiger partial charge on any atom is -0.394 e. The first-order valence-corrected chi connectivity index (χ1v) is 14.0. The fourth-order valence-electron chi connectivity index (χ4n) is 5.61. The van der Waals surface area contributed by atoms with E-state index < -0.39 is 149 Å². The molecular formula is C24H42O21. The third-order valence-electron chi connectivity index (χ3n) is 8.49. The maximum absolute atomic E-state index is 11.0. The molecule has 21 heteroatoms. The van der Waals surface area contributed by atoms with Crippen LogP contribution in [0.3, 0.4) is 0 Å². The maximum atomic E-state index is 11.0. The minimum absolute atomic E-state index is 0.800. The molecule has 0 aromatic carbocycles. The number of ether oxygens (including phenoxy) is 7. The Bertz CT molecular complexity index is 964. The van der Waals surface area contributed by atoms with Gasteiger partial charge in [0.15, 0.2) is 6.29 Å². The van der Waals surface area contributed by atoms with Crippen LogP contribution in [0, 0.1) is 0 Å². The predicted molar refractivity (Wildman–Crippen MR) is 134 cm³/mol. The lowest BCUT2D eigenvalue weighted by atomic mass is 9.99. The van der Waals surface area contributed by atoms with Gasteiger partial charge in [-0.05, 0) is 0 Å². The topological polar surface area (TPSA) is 348 Å². The fraction of sp³-hybridized carbons (Fsp3) is 1.00. The Labute approximate surface area is 254 Å². The van der Waals surface area contributed by atoms with Crippen LogP contribution >= 0.6 is 0 Å².